The Morgan fingerprint density at radius 3 is 2.44 bits per heavy atom. The Morgan fingerprint density at radius 1 is 1.33 bits per heavy atom. The van der Waals surface area contributed by atoms with Gasteiger partial charge < -0.3 is 20.3 Å². The number of methoxy groups -OCH3 is 1. The van der Waals surface area contributed by atoms with Gasteiger partial charge in [-0.05, 0) is 0 Å². The van der Waals surface area contributed by atoms with E-state index in [0.717, 1.165) is 0 Å². The zero-order valence-corrected chi connectivity index (χ0v) is 10.0. The summed E-state index contributed by atoms with van der Waals surface area (Å²) in [7, 11) is 1.34. The minimum atomic E-state index is -0.372. The zero-order valence-electron chi connectivity index (χ0n) is 10.0. The Bertz CT molecular complexity index is 450. The highest BCUT2D eigenvalue weighted by atomic mass is 16.5. The third-order valence-electron chi connectivity index (χ3n) is 2.88. The van der Waals surface area contributed by atoms with E-state index >= 15 is 0 Å². The number of nitrogens with one attached hydrogen (secondary N) is 1. The summed E-state index contributed by atoms with van der Waals surface area (Å²) in [5.41, 5.74) is 6.24. The molecule has 0 aromatic carbocycles. The molecule has 1 aromatic heterocycles. The lowest BCUT2D eigenvalue weighted by Crippen LogP contribution is -2.50. The molecule has 0 saturated carbocycles. The predicted molar refractivity (Wildman–Crippen MR) is 62.9 cm³/mol. The van der Waals surface area contributed by atoms with E-state index in [2.05, 4.69) is 14.9 Å². The molecule has 0 aliphatic carbocycles. The minimum Gasteiger partial charge on any atom is -0.453 e. The van der Waals surface area contributed by atoms with Crippen LogP contribution < -0.4 is 5.73 Å². The van der Waals surface area contributed by atoms with Crippen molar-refractivity contribution in [3.8, 4) is 0 Å². The number of nitrogens with zero attached hydrogens (tertiary/aromatic N) is 3. The van der Waals surface area contributed by atoms with Crippen molar-refractivity contribution in [1.29, 1.82) is 0 Å². The molecular weight excluding hydrogens is 238 g/mol. The van der Waals surface area contributed by atoms with Crippen LogP contribution in [0, 0.1) is 0 Å². The number of aromatic amines is 1. The number of hydrogen-bond donors (Lipinski definition) is 2. The van der Waals surface area contributed by atoms with E-state index in [0.29, 0.717) is 37.6 Å². The van der Waals surface area contributed by atoms with Crippen molar-refractivity contribution in [2.45, 2.75) is 0 Å². The van der Waals surface area contributed by atoms with Gasteiger partial charge in [0.05, 0.1) is 19.0 Å². The standard InChI is InChI=1S/C10H15N5O3/c1-18-10(17)15-4-2-14(3-5-15)9(16)8-7(11)6-12-13-8/h6H,2-5,11H2,1H3,(H,12,13). The second-order valence-corrected chi connectivity index (χ2v) is 3.95. The molecule has 8 heteroatoms. The summed E-state index contributed by atoms with van der Waals surface area (Å²) < 4.78 is 4.62. The van der Waals surface area contributed by atoms with Gasteiger partial charge in [0, 0.05) is 26.2 Å². The first-order chi connectivity index (χ1) is 8.63. The summed E-state index contributed by atoms with van der Waals surface area (Å²) >= 11 is 0. The summed E-state index contributed by atoms with van der Waals surface area (Å²) in [5, 5.41) is 6.29. The molecule has 0 atom stereocenters. The van der Waals surface area contributed by atoms with Crippen LogP contribution in [0.2, 0.25) is 0 Å². The molecule has 0 radical (unpaired) electrons. The molecule has 1 fully saturated rings. The molecule has 18 heavy (non-hydrogen) atoms. The van der Waals surface area contributed by atoms with Crippen molar-refractivity contribution < 1.29 is 14.3 Å². The topological polar surface area (TPSA) is 105 Å². The molecule has 1 saturated heterocycles. The Hall–Kier alpha value is -2.25. The lowest BCUT2D eigenvalue weighted by Gasteiger charge is -2.33. The fraction of sp³-hybridized carbons (Fsp3) is 0.500. The summed E-state index contributed by atoms with van der Waals surface area (Å²) in [6, 6.07) is 0. The van der Waals surface area contributed by atoms with Crippen molar-refractivity contribution in [3.05, 3.63) is 11.9 Å². The van der Waals surface area contributed by atoms with Gasteiger partial charge in [0.1, 0.15) is 5.69 Å². The Kier molecular flexibility index (Phi) is 3.35. The highest BCUT2D eigenvalue weighted by molar-refractivity contribution is 5.97. The van der Waals surface area contributed by atoms with Crippen LogP contribution in [0.3, 0.4) is 0 Å². The lowest BCUT2D eigenvalue weighted by molar-refractivity contribution is 0.0595. The van der Waals surface area contributed by atoms with Gasteiger partial charge in [-0.25, -0.2) is 4.79 Å². The summed E-state index contributed by atoms with van der Waals surface area (Å²) in [6.45, 7) is 1.80. The summed E-state index contributed by atoms with van der Waals surface area (Å²) in [4.78, 5) is 26.5. The van der Waals surface area contributed by atoms with E-state index in [1.807, 2.05) is 0 Å². The first-order valence-electron chi connectivity index (χ1n) is 5.54. The molecule has 0 bridgehead atoms. The fourth-order valence-electron chi connectivity index (χ4n) is 1.85. The van der Waals surface area contributed by atoms with Crippen LogP contribution >= 0.6 is 0 Å². The number of amides is 2. The zero-order chi connectivity index (χ0) is 13.1. The van der Waals surface area contributed by atoms with E-state index in [-0.39, 0.29) is 12.0 Å². The number of nitrogen functional groups attached to an aromatic ring is 1. The number of nitrogens with two attached hydrogens (primary N) is 1. The van der Waals surface area contributed by atoms with Crippen LogP contribution in [0.4, 0.5) is 10.5 Å². The van der Waals surface area contributed by atoms with Gasteiger partial charge in [-0.2, -0.15) is 5.10 Å². The minimum absolute atomic E-state index is 0.200. The lowest BCUT2D eigenvalue weighted by atomic mass is 10.2. The average Bonchev–Trinajstić information content (AvgIpc) is 2.83. The van der Waals surface area contributed by atoms with Crippen molar-refractivity contribution in [3.63, 3.8) is 0 Å². The van der Waals surface area contributed by atoms with Gasteiger partial charge in [0.25, 0.3) is 5.91 Å². The number of rotatable bonds is 1. The molecule has 98 valence electrons. The molecular formula is C10H15N5O3. The van der Waals surface area contributed by atoms with E-state index in [9.17, 15) is 9.59 Å². The maximum absolute atomic E-state index is 12.1. The average molecular weight is 253 g/mol. The second-order valence-electron chi connectivity index (χ2n) is 3.95. The smallest absolute Gasteiger partial charge is 0.409 e. The molecule has 2 rings (SSSR count). The maximum atomic E-state index is 12.1. The predicted octanol–water partition coefficient (Wildman–Crippen LogP) is -0.484. The van der Waals surface area contributed by atoms with Crippen LogP contribution in [0.25, 0.3) is 0 Å². The summed E-state index contributed by atoms with van der Waals surface area (Å²) in [6.07, 6.45) is 1.03. The van der Waals surface area contributed by atoms with E-state index in [1.54, 1.807) is 9.80 Å². The Labute approximate surface area is 104 Å². The number of carbonyl (C=O) groups excluding carboxylic acids is 2. The normalized spacial score (nSPS) is 15.6. The highest BCUT2D eigenvalue weighted by Gasteiger charge is 2.26. The number of anilines is 1. The second kappa shape index (κ2) is 4.94. The number of piperazine rings is 1. The third-order valence-corrected chi connectivity index (χ3v) is 2.88. The van der Waals surface area contributed by atoms with E-state index in [4.69, 9.17) is 5.73 Å². The molecule has 2 heterocycles. The number of H-pyrrole nitrogens is 1. The largest absolute Gasteiger partial charge is 0.453 e. The van der Waals surface area contributed by atoms with Crippen molar-refractivity contribution >= 4 is 17.7 Å². The molecule has 1 aliphatic heterocycles. The van der Waals surface area contributed by atoms with Crippen LogP contribution in [-0.2, 0) is 4.74 Å². The molecule has 3 N–H and O–H groups in total. The van der Waals surface area contributed by atoms with Crippen LogP contribution in [-0.4, -0.2) is 65.3 Å². The third kappa shape index (κ3) is 2.22. The van der Waals surface area contributed by atoms with Crippen molar-refractivity contribution in [2.24, 2.45) is 0 Å². The molecule has 1 aromatic rings. The first kappa shape index (κ1) is 12.2. The SMILES string of the molecule is COC(=O)N1CCN(C(=O)c2[nH]ncc2N)CC1. The molecule has 1 aliphatic rings. The molecule has 0 spiro atoms. The molecule has 2 amide bonds. The van der Waals surface area contributed by atoms with E-state index in [1.165, 1.54) is 13.3 Å². The monoisotopic (exact) mass is 253 g/mol. The van der Waals surface area contributed by atoms with Gasteiger partial charge >= 0.3 is 6.09 Å². The van der Waals surface area contributed by atoms with Gasteiger partial charge in [-0.1, -0.05) is 0 Å². The number of ether oxygens (including phenoxy) is 1. The van der Waals surface area contributed by atoms with Crippen molar-refractivity contribution in [1.82, 2.24) is 20.0 Å². The van der Waals surface area contributed by atoms with Crippen LogP contribution in [0.5, 0.6) is 0 Å². The maximum Gasteiger partial charge on any atom is 0.409 e. The van der Waals surface area contributed by atoms with Crippen LogP contribution in [0.1, 0.15) is 10.5 Å². The van der Waals surface area contributed by atoms with Gasteiger partial charge in [-0.15, -0.1) is 0 Å². The molecule has 8 nitrogen and oxygen atoms in total. The highest BCUT2D eigenvalue weighted by Crippen LogP contribution is 2.12. The first-order valence-corrected chi connectivity index (χ1v) is 5.54. The van der Waals surface area contributed by atoms with Gasteiger partial charge in [0.15, 0.2) is 0 Å². The quantitative estimate of drug-likeness (QED) is 0.703. The van der Waals surface area contributed by atoms with E-state index < -0.39 is 0 Å². The van der Waals surface area contributed by atoms with Crippen LogP contribution in [0.15, 0.2) is 6.20 Å². The summed E-state index contributed by atoms with van der Waals surface area (Å²) in [5.74, 6) is -0.200. The fourth-order valence-corrected chi connectivity index (χ4v) is 1.85. The van der Waals surface area contributed by atoms with Gasteiger partial charge in [0.2, 0.25) is 0 Å². The number of hydrogen-bond acceptors (Lipinski definition) is 5. The Morgan fingerprint density at radius 2 is 1.94 bits per heavy atom. The Balaban J connectivity index is 1.96. The van der Waals surface area contributed by atoms with Crippen molar-refractivity contribution in [2.75, 3.05) is 39.0 Å². The molecule has 0 unspecified atom stereocenters. The van der Waals surface area contributed by atoms with Gasteiger partial charge in [-0.3, -0.25) is 9.89 Å². The number of aromatic nitrogens is 2. The number of carbonyl (C=O) groups is 2.